The Morgan fingerprint density at radius 2 is 2.21 bits per heavy atom. The Morgan fingerprint density at radius 3 is 2.84 bits per heavy atom. The maximum Gasteiger partial charge on any atom is 0.327 e. The van der Waals surface area contributed by atoms with Gasteiger partial charge in [-0.25, -0.2) is 4.79 Å². The third-order valence-electron chi connectivity index (χ3n) is 3.79. The van der Waals surface area contributed by atoms with E-state index >= 15 is 0 Å². The summed E-state index contributed by atoms with van der Waals surface area (Å²) in [6.45, 7) is 2.47. The molecule has 1 aliphatic heterocycles. The van der Waals surface area contributed by atoms with Crippen LogP contribution in [-0.2, 0) is 9.53 Å². The largest absolute Gasteiger partial charge is 0.468 e. The van der Waals surface area contributed by atoms with E-state index in [4.69, 9.17) is 10.5 Å². The molecule has 1 aromatic carbocycles. The Kier molecular flexibility index (Phi) is 4.93. The summed E-state index contributed by atoms with van der Waals surface area (Å²) in [6, 6.07) is 9.52. The van der Waals surface area contributed by atoms with Crippen molar-refractivity contribution < 1.29 is 9.53 Å². The number of methoxy groups -OCH3 is 1. The highest BCUT2D eigenvalue weighted by atomic mass is 16.5. The van der Waals surface area contributed by atoms with Crippen LogP contribution in [0.3, 0.4) is 0 Å². The number of likely N-dealkylation sites (tertiary alicyclic amines) is 1. The minimum atomic E-state index is -0.305. The summed E-state index contributed by atoms with van der Waals surface area (Å²) in [5.41, 5.74) is 6.76. The van der Waals surface area contributed by atoms with Gasteiger partial charge in [-0.05, 0) is 37.4 Å². The lowest BCUT2D eigenvalue weighted by Gasteiger charge is -2.36. The van der Waals surface area contributed by atoms with Crippen molar-refractivity contribution in [2.75, 3.05) is 26.7 Å². The molecule has 0 amide bonds. The van der Waals surface area contributed by atoms with E-state index in [2.05, 4.69) is 4.90 Å². The van der Waals surface area contributed by atoms with E-state index in [-0.39, 0.29) is 12.0 Å². The molecule has 2 N–H and O–H groups in total. The molecule has 19 heavy (non-hydrogen) atoms. The Balaban J connectivity index is 2.20. The number of esters is 1. The number of hydrogen-bond acceptors (Lipinski definition) is 4. The lowest BCUT2D eigenvalue weighted by molar-refractivity contribution is -0.148. The molecule has 0 aromatic heterocycles. The molecule has 0 radical (unpaired) electrons. The van der Waals surface area contributed by atoms with Crippen LogP contribution in [0.1, 0.15) is 24.4 Å². The molecule has 1 heterocycles. The van der Waals surface area contributed by atoms with Gasteiger partial charge in [0.25, 0.3) is 0 Å². The van der Waals surface area contributed by atoms with E-state index in [1.165, 1.54) is 7.11 Å². The average Bonchev–Trinajstić information content (AvgIpc) is 2.48. The highest BCUT2D eigenvalue weighted by molar-refractivity contribution is 5.77. The SMILES string of the molecule is COC(=O)C(c1ccccc1)N1CCCC(CN)C1. The molecule has 4 heteroatoms. The molecule has 4 nitrogen and oxygen atoms in total. The van der Waals surface area contributed by atoms with Crippen molar-refractivity contribution in [1.82, 2.24) is 4.90 Å². The first-order chi connectivity index (χ1) is 9.26. The third kappa shape index (κ3) is 3.33. The number of benzene rings is 1. The topological polar surface area (TPSA) is 55.6 Å². The normalized spacial score (nSPS) is 21.9. The van der Waals surface area contributed by atoms with Crippen molar-refractivity contribution in [3.8, 4) is 0 Å². The first-order valence-corrected chi connectivity index (χ1v) is 6.83. The summed E-state index contributed by atoms with van der Waals surface area (Å²) in [5.74, 6) is 0.286. The van der Waals surface area contributed by atoms with Gasteiger partial charge >= 0.3 is 5.97 Å². The standard InChI is InChI=1S/C15H22N2O2/c1-19-15(18)14(13-7-3-2-4-8-13)17-9-5-6-12(10-16)11-17/h2-4,7-8,12,14H,5-6,9-11,16H2,1H3. The van der Waals surface area contributed by atoms with Crippen molar-refractivity contribution >= 4 is 5.97 Å². The van der Waals surface area contributed by atoms with E-state index in [0.717, 1.165) is 31.5 Å². The molecular weight excluding hydrogens is 240 g/mol. The molecule has 2 rings (SSSR count). The smallest absolute Gasteiger partial charge is 0.327 e. The Labute approximate surface area is 114 Å². The monoisotopic (exact) mass is 262 g/mol. The molecule has 0 aliphatic carbocycles. The second-order valence-electron chi connectivity index (χ2n) is 5.08. The van der Waals surface area contributed by atoms with Crippen LogP contribution in [-0.4, -0.2) is 37.6 Å². The number of piperidine rings is 1. The van der Waals surface area contributed by atoms with Crippen LogP contribution in [0.15, 0.2) is 30.3 Å². The summed E-state index contributed by atoms with van der Waals surface area (Å²) >= 11 is 0. The highest BCUT2D eigenvalue weighted by Crippen LogP contribution is 2.27. The van der Waals surface area contributed by atoms with E-state index in [1.807, 2.05) is 30.3 Å². The fourth-order valence-electron chi connectivity index (χ4n) is 2.77. The van der Waals surface area contributed by atoms with Gasteiger partial charge in [0.05, 0.1) is 7.11 Å². The molecule has 0 spiro atoms. The Bertz CT molecular complexity index is 408. The molecule has 0 saturated carbocycles. The minimum Gasteiger partial charge on any atom is -0.468 e. The Hall–Kier alpha value is -1.39. The third-order valence-corrected chi connectivity index (χ3v) is 3.79. The molecular formula is C15H22N2O2. The van der Waals surface area contributed by atoms with Gasteiger partial charge in [-0.3, -0.25) is 4.90 Å². The summed E-state index contributed by atoms with van der Waals surface area (Å²) in [6.07, 6.45) is 2.23. The number of hydrogen-bond donors (Lipinski definition) is 1. The van der Waals surface area contributed by atoms with Gasteiger partial charge in [-0.1, -0.05) is 30.3 Å². The van der Waals surface area contributed by atoms with Crippen LogP contribution in [0.25, 0.3) is 0 Å². The fourth-order valence-corrected chi connectivity index (χ4v) is 2.77. The number of ether oxygens (including phenoxy) is 1. The van der Waals surface area contributed by atoms with Crippen molar-refractivity contribution in [3.63, 3.8) is 0 Å². The number of nitrogens with zero attached hydrogens (tertiary/aromatic N) is 1. The van der Waals surface area contributed by atoms with Gasteiger partial charge in [0.2, 0.25) is 0 Å². The summed E-state index contributed by atoms with van der Waals surface area (Å²) in [7, 11) is 1.45. The molecule has 1 aromatic rings. The summed E-state index contributed by atoms with van der Waals surface area (Å²) in [5, 5.41) is 0. The summed E-state index contributed by atoms with van der Waals surface area (Å²) < 4.78 is 4.98. The van der Waals surface area contributed by atoms with Crippen molar-refractivity contribution in [3.05, 3.63) is 35.9 Å². The second-order valence-corrected chi connectivity index (χ2v) is 5.08. The average molecular weight is 262 g/mol. The maximum atomic E-state index is 12.1. The van der Waals surface area contributed by atoms with Crippen molar-refractivity contribution in [2.24, 2.45) is 11.7 Å². The first-order valence-electron chi connectivity index (χ1n) is 6.83. The molecule has 1 fully saturated rings. The molecule has 2 unspecified atom stereocenters. The molecule has 2 atom stereocenters. The highest BCUT2D eigenvalue weighted by Gasteiger charge is 2.31. The van der Waals surface area contributed by atoms with Crippen molar-refractivity contribution in [1.29, 1.82) is 0 Å². The predicted molar refractivity (Wildman–Crippen MR) is 74.6 cm³/mol. The lowest BCUT2D eigenvalue weighted by Crippen LogP contribution is -2.43. The lowest BCUT2D eigenvalue weighted by atomic mass is 9.95. The van der Waals surface area contributed by atoms with Crippen LogP contribution in [0.2, 0.25) is 0 Å². The predicted octanol–water partition coefficient (Wildman–Crippen LogP) is 1.57. The van der Waals surface area contributed by atoms with Crippen LogP contribution in [0.4, 0.5) is 0 Å². The van der Waals surface area contributed by atoms with Gasteiger partial charge in [0.15, 0.2) is 0 Å². The Morgan fingerprint density at radius 1 is 1.47 bits per heavy atom. The number of carbonyl (C=O) groups is 1. The number of rotatable bonds is 4. The van der Waals surface area contributed by atoms with Crippen LogP contribution < -0.4 is 5.73 Å². The fraction of sp³-hybridized carbons (Fsp3) is 0.533. The van der Waals surface area contributed by atoms with Crippen molar-refractivity contribution in [2.45, 2.75) is 18.9 Å². The second kappa shape index (κ2) is 6.68. The number of carbonyl (C=O) groups excluding carboxylic acids is 1. The maximum absolute atomic E-state index is 12.1. The van der Waals surface area contributed by atoms with Gasteiger partial charge in [0.1, 0.15) is 6.04 Å². The molecule has 0 bridgehead atoms. The van der Waals surface area contributed by atoms with E-state index in [1.54, 1.807) is 0 Å². The molecule has 1 saturated heterocycles. The minimum absolute atomic E-state index is 0.191. The van der Waals surface area contributed by atoms with Crippen LogP contribution >= 0.6 is 0 Å². The zero-order valence-electron chi connectivity index (χ0n) is 11.4. The zero-order valence-corrected chi connectivity index (χ0v) is 11.4. The quantitative estimate of drug-likeness (QED) is 0.837. The van der Waals surface area contributed by atoms with Gasteiger partial charge < -0.3 is 10.5 Å². The van der Waals surface area contributed by atoms with Crippen LogP contribution in [0, 0.1) is 5.92 Å². The molecule has 104 valence electrons. The molecule has 1 aliphatic rings. The van der Waals surface area contributed by atoms with E-state index in [9.17, 15) is 4.79 Å². The summed E-state index contributed by atoms with van der Waals surface area (Å²) in [4.78, 5) is 14.3. The van der Waals surface area contributed by atoms with Crippen LogP contribution in [0.5, 0.6) is 0 Å². The number of nitrogens with two attached hydrogens (primary N) is 1. The van der Waals surface area contributed by atoms with Gasteiger partial charge in [-0.2, -0.15) is 0 Å². The first kappa shape index (κ1) is 14.0. The van der Waals surface area contributed by atoms with E-state index in [0.29, 0.717) is 12.5 Å². The zero-order chi connectivity index (χ0) is 13.7. The van der Waals surface area contributed by atoms with Gasteiger partial charge in [0, 0.05) is 6.54 Å². The van der Waals surface area contributed by atoms with Gasteiger partial charge in [-0.15, -0.1) is 0 Å². The van der Waals surface area contributed by atoms with E-state index < -0.39 is 0 Å².